The van der Waals surface area contributed by atoms with E-state index in [1.54, 1.807) is 10.0 Å². The maximum absolute atomic E-state index is 11.7. The molecule has 0 fully saturated rings. The lowest BCUT2D eigenvalue weighted by Gasteiger charge is -2.33. The fourth-order valence-corrected chi connectivity index (χ4v) is 1.97. The molecule has 0 aliphatic carbocycles. The minimum atomic E-state index is -0.319. The van der Waals surface area contributed by atoms with E-state index in [0.717, 1.165) is 12.8 Å². The van der Waals surface area contributed by atoms with E-state index in [9.17, 15) is 4.79 Å². The minimum absolute atomic E-state index is 0.104. The van der Waals surface area contributed by atoms with Crippen molar-refractivity contribution in [3.63, 3.8) is 0 Å². The number of carbonyl (C=O) groups is 1. The van der Waals surface area contributed by atoms with Gasteiger partial charge in [0, 0.05) is 20.1 Å². The molecule has 0 aromatic heterocycles. The Hall–Kier alpha value is -1.55. The summed E-state index contributed by atoms with van der Waals surface area (Å²) in [4.78, 5) is 11.7. The van der Waals surface area contributed by atoms with Crippen LogP contribution >= 0.6 is 0 Å². The molecule has 100 valence electrons. The molecular weight excluding hydrogens is 228 g/mol. The molecule has 4 heteroatoms. The summed E-state index contributed by atoms with van der Waals surface area (Å²) >= 11 is 0. The molecule has 0 spiro atoms. The van der Waals surface area contributed by atoms with Gasteiger partial charge in [-0.1, -0.05) is 30.3 Å². The van der Waals surface area contributed by atoms with Gasteiger partial charge in [-0.15, -0.1) is 0 Å². The molecule has 0 saturated carbocycles. The number of carbonyl (C=O) groups excluding carboxylic acids is 1. The highest BCUT2D eigenvalue weighted by molar-refractivity contribution is 5.67. The van der Waals surface area contributed by atoms with Gasteiger partial charge < -0.3 is 4.74 Å². The Bertz CT molecular complexity index is 365. The van der Waals surface area contributed by atoms with E-state index in [4.69, 9.17) is 4.74 Å². The smallest absolute Gasteiger partial charge is 0.424 e. The molecule has 1 rings (SSSR count). The molecule has 4 nitrogen and oxygen atoms in total. The molecule has 0 N–H and O–H groups in total. The summed E-state index contributed by atoms with van der Waals surface area (Å²) in [6, 6.07) is 10.4. The number of amides is 1. The van der Waals surface area contributed by atoms with E-state index >= 15 is 0 Å². The fraction of sp³-hybridized carbons (Fsp3) is 0.500. The first-order chi connectivity index (χ1) is 8.56. The van der Waals surface area contributed by atoms with Gasteiger partial charge in [0.05, 0.1) is 7.11 Å². The minimum Gasteiger partial charge on any atom is -0.452 e. The van der Waals surface area contributed by atoms with Crippen molar-refractivity contribution < 1.29 is 9.53 Å². The molecule has 0 aliphatic heterocycles. The van der Waals surface area contributed by atoms with Gasteiger partial charge >= 0.3 is 6.09 Å². The van der Waals surface area contributed by atoms with Crippen molar-refractivity contribution in [3.05, 3.63) is 35.9 Å². The van der Waals surface area contributed by atoms with Gasteiger partial charge in [0.1, 0.15) is 0 Å². The highest BCUT2D eigenvalue weighted by atomic mass is 16.5. The van der Waals surface area contributed by atoms with Crippen LogP contribution in [0, 0.1) is 0 Å². The zero-order chi connectivity index (χ0) is 13.5. The molecule has 0 heterocycles. The number of ether oxygens (including phenoxy) is 1. The number of benzene rings is 1. The lowest BCUT2D eigenvalue weighted by molar-refractivity contribution is -0.00726. The maximum Gasteiger partial charge on any atom is 0.424 e. The highest BCUT2D eigenvalue weighted by Crippen LogP contribution is 2.11. The highest BCUT2D eigenvalue weighted by Gasteiger charge is 2.22. The first-order valence-electron chi connectivity index (χ1n) is 6.14. The summed E-state index contributed by atoms with van der Waals surface area (Å²) in [5.74, 6) is 0. The Morgan fingerprint density at radius 3 is 2.39 bits per heavy atom. The van der Waals surface area contributed by atoms with E-state index in [2.05, 4.69) is 12.1 Å². The number of rotatable bonds is 5. The Kier molecular flexibility index (Phi) is 5.65. The summed E-state index contributed by atoms with van der Waals surface area (Å²) < 4.78 is 4.79. The average molecular weight is 250 g/mol. The molecule has 1 aromatic carbocycles. The molecule has 1 atom stereocenters. The van der Waals surface area contributed by atoms with E-state index in [1.165, 1.54) is 12.7 Å². The molecule has 1 amide bonds. The molecular formula is C14H22N2O2. The molecule has 18 heavy (non-hydrogen) atoms. The quantitative estimate of drug-likeness (QED) is 0.753. The van der Waals surface area contributed by atoms with Crippen molar-refractivity contribution in [1.82, 2.24) is 10.0 Å². The molecule has 0 saturated heterocycles. The van der Waals surface area contributed by atoms with E-state index < -0.39 is 0 Å². The first-order valence-corrected chi connectivity index (χ1v) is 6.14. The van der Waals surface area contributed by atoms with E-state index in [1.807, 2.05) is 39.2 Å². The number of hydrogen-bond acceptors (Lipinski definition) is 3. The van der Waals surface area contributed by atoms with Crippen LogP contribution in [-0.4, -0.2) is 43.4 Å². The maximum atomic E-state index is 11.7. The number of methoxy groups -OCH3 is 1. The van der Waals surface area contributed by atoms with Crippen molar-refractivity contribution in [2.24, 2.45) is 0 Å². The standard InChI is InChI=1S/C14H22N2O2/c1-12(16(15(2)3)14(17)18-4)10-11-13-8-6-5-7-9-13/h5-9,12H,10-11H2,1-4H3. The fourth-order valence-electron chi connectivity index (χ4n) is 1.97. The van der Waals surface area contributed by atoms with Gasteiger partial charge in [-0.05, 0) is 25.3 Å². The summed E-state index contributed by atoms with van der Waals surface area (Å²) in [5.41, 5.74) is 1.29. The zero-order valence-corrected chi connectivity index (χ0v) is 11.6. The number of nitrogens with zero attached hydrogens (tertiary/aromatic N) is 2. The SMILES string of the molecule is COC(=O)N(C(C)CCc1ccccc1)N(C)C. The van der Waals surface area contributed by atoms with Gasteiger partial charge in [0.15, 0.2) is 0 Å². The van der Waals surface area contributed by atoms with Gasteiger partial charge in [0.25, 0.3) is 0 Å². The van der Waals surface area contributed by atoms with E-state index in [-0.39, 0.29) is 12.1 Å². The summed E-state index contributed by atoms with van der Waals surface area (Å²) in [6.07, 6.45) is 1.53. The average Bonchev–Trinajstić information content (AvgIpc) is 2.37. The van der Waals surface area contributed by atoms with E-state index in [0.29, 0.717) is 0 Å². The second-order valence-electron chi connectivity index (χ2n) is 4.54. The summed E-state index contributed by atoms with van der Waals surface area (Å²) in [7, 11) is 5.09. The molecule has 1 unspecified atom stereocenters. The molecule has 0 radical (unpaired) electrons. The molecule has 1 aromatic rings. The molecule has 0 aliphatic rings. The Balaban J connectivity index is 2.57. The van der Waals surface area contributed by atoms with Crippen molar-refractivity contribution in [2.45, 2.75) is 25.8 Å². The van der Waals surface area contributed by atoms with Gasteiger partial charge in [-0.25, -0.2) is 14.8 Å². The van der Waals surface area contributed by atoms with Crippen LogP contribution in [0.25, 0.3) is 0 Å². The van der Waals surface area contributed by atoms with Crippen molar-refractivity contribution in [3.8, 4) is 0 Å². The van der Waals surface area contributed by atoms with Crippen LogP contribution in [0.4, 0.5) is 4.79 Å². The van der Waals surface area contributed by atoms with Gasteiger partial charge in [-0.2, -0.15) is 0 Å². The van der Waals surface area contributed by atoms with Crippen molar-refractivity contribution in [2.75, 3.05) is 21.2 Å². The van der Waals surface area contributed by atoms with Crippen LogP contribution in [0.15, 0.2) is 30.3 Å². The van der Waals surface area contributed by atoms with Crippen molar-refractivity contribution >= 4 is 6.09 Å². The van der Waals surface area contributed by atoms with Crippen LogP contribution in [-0.2, 0) is 11.2 Å². The predicted molar refractivity (Wildman–Crippen MR) is 72.2 cm³/mol. The first kappa shape index (κ1) is 14.5. The van der Waals surface area contributed by atoms with Gasteiger partial charge in [-0.3, -0.25) is 0 Å². The number of hydrogen-bond donors (Lipinski definition) is 0. The lowest BCUT2D eigenvalue weighted by atomic mass is 10.1. The van der Waals surface area contributed by atoms with Crippen molar-refractivity contribution in [1.29, 1.82) is 0 Å². The second kappa shape index (κ2) is 7.01. The molecule has 0 bridgehead atoms. The largest absolute Gasteiger partial charge is 0.452 e. The number of aryl methyl sites for hydroxylation is 1. The lowest BCUT2D eigenvalue weighted by Crippen LogP contribution is -2.47. The van der Waals surface area contributed by atoms with Crippen LogP contribution < -0.4 is 0 Å². The normalized spacial score (nSPS) is 12.3. The Morgan fingerprint density at radius 1 is 1.28 bits per heavy atom. The third kappa shape index (κ3) is 4.04. The van der Waals surface area contributed by atoms with Crippen LogP contribution in [0.5, 0.6) is 0 Å². The number of hydrazine groups is 1. The van der Waals surface area contributed by atoms with Gasteiger partial charge in [0.2, 0.25) is 0 Å². The zero-order valence-electron chi connectivity index (χ0n) is 11.6. The van der Waals surface area contributed by atoms with Crippen LogP contribution in [0.2, 0.25) is 0 Å². The Morgan fingerprint density at radius 2 is 1.89 bits per heavy atom. The third-order valence-electron chi connectivity index (χ3n) is 2.90. The predicted octanol–water partition coefficient (Wildman–Crippen LogP) is 2.55. The summed E-state index contributed by atoms with van der Waals surface area (Å²) in [6.45, 7) is 2.03. The second-order valence-corrected chi connectivity index (χ2v) is 4.54. The van der Waals surface area contributed by atoms with Crippen LogP contribution in [0.3, 0.4) is 0 Å². The third-order valence-corrected chi connectivity index (χ3v) is 2.90. The topological polar surface area (TPSA) is 32.8 Å². The van der Waals surface area contributed by atoms with Crippen LogP contribution in [0.1, 0.15) is 18.9 Å². The monoisotopic (exact) mass is 250 g/mol. The Labute approximate surface area is 109 Å². The summed E-state index contributed by atoms with van der Waals surface area (Å²) in [5, 5.41) is 3.39.